The van der Waals surface area contributed by atoms with Crippen LogP contribution in [0.2, 0.25) is 0 Å². The molecule has 1 aliphatic heterocycles. The van der Waals surface area contributed by atoms with E-state index in [9.17, 15) is 4.79 Å². The van der Waals surface area contributed by atoms with E-state index in [0.29, 0.717) is 0 Å². The van der Waals surface area contributed by atoms with Gasteiger partial charge in [0.1, 0.15) is 6.10 Å². The van der Waals surface area contributed by atoms with E-state index in [4.69, 9.17) is 4.74 Å². The van der Waals surface area contributed by atoms with Crippen molar-refractivity contribution in [3.63, 3.8) is 0 Å². The van der Waals surface area contributed by atoms with Crippen molar-refractivity contribution < 1.29 is 9.53 Å². The van der Waals surface area contributed by atoms with E-state index in [0.717, 1.165) is 29.5 Å². The van der Waals surface area contributed by atoms with Crippen LogP contribution in [0, 0.1) is 6.92 Å². The fourth-order valence-corrected chi connectivity index (χ4v) is 3.23. The Balaban J connectivity index is 1.70. The number of epoxide rings is 1. The van der Waals surface area contributed by atoms with Crippen LogP contribution in [0.4, 0.5) is 0 Å². The Morgan fingerprint density at radius 3 is 2.85 bits per heavy atom. The van der Waals surface area contributed by atoms with Gasteiger partial charge in [-0.15, -0.1) is 0 Å². The van der Waals surface area contributed by atoms with Crippen molar-refractivity contribution in [2.75, 3.05) is 0 Å². The largest absolute Gasteiger partial charge is 0.352 e. The first-order valence-corrected chi connectivity index (χ1v) is 6.93. The van der Waals surface area contributed by atoms with Gasteiger partial charge in [-0.05, 0) is 43.0 Å². The molecule has 2 unspecified atom stereocenters. The minimum Gasteiger partial charge on any atom is -0.352 e. The summed E-state index contributed by atoms with van der Waals surface area (Å²) < 4.78 is 5.85. The minimum absolute atomic E-state index is 0.104. The maximum atomic E-state index is 12.8. The van der Waals surface area contributed by atoms with Gasteiger partial charge >= 0.3 is 0 Å². The molecule has 3 nitrogen and oxygen atoms in total. The number of pyridine rings is 1. The second-order valence-electron chi connectivity index (χ2n) is 5.66. The zero-order valence-electron chi connectivity index (χ0n) is 11.3. The standard InChI is InChI=1S/C17H15NO2/c1-11-2-3-14-13(10-11)4-7-17(15(14)19)16(20-17)12-5-8-18-9-6-12/h2-3,5-6,8-10,16H,4,7H2,1H3. The number of fused-ring (bicyclic) bond motifs is 1. The van der Waals surface area contributed by atoms with E-state index >= 15 is 0 Å². The van der Waals surface area contributed by atoms with E-state index in [1.807, 2.05) is 24.3 Å². The van der Waals surface area contributed by atoms with E-state index in [1.165, 1.54) is 5.56 Å². The number of aromatic nitrogens is 1. The smallest absolute Gasteiger partial charge is 0.198 e. The molecule has 2 heterocycles. The molecule has 1 spiro atoms. The third-order valence-corrected chi connectivity index (χ3v) is 4.36. The second-order valence-corrected chi connectivity index (χ2v) is 5.66. The second kappa shape index (κ2) is 4.00. The van der Waals surface area contributed by atoms with Crippen molar-refractivity contribution in [1.82, 2.24) is 4.98 Å². The zero-order chi connectivity index (χ0) is 13.7. The first-order valence-electron chi connectivity index (χ1n) is 6.93. The maximum absolute atomic E-state index is 12.8. The molecule has 4 rings (SSSR count). The van der Waals surface area contributed by atoms with Crippen LogP contribution < -0.4 is 0 Å². The predicted molar refractivity (Wildman–Crippen MR) is 74.6 cm³/mol. The lowest BCUT2D eigenvalue weighted by Crippen LogP contribution is -2.31. The summed E-state index contributed by atoms with van der Waals surface area (Å²) in [6.07, 6.45) is 5.07. The Hall–Kier alpha value is -2.00. The maximum Gasteiger partial charge on any atom is 0.198 e. The van der Waals surface area contributed by atoms with Crippen molar-refractivity contribution in [1.29, 1.82) is 0 Å². The fourth-order valence-electron chi connectivity index (χ4n) is 3.23. The summed E-state index contributed by atoms with van der Waals surface area (Å²) in [7, 11) is 0. The molecule has 20 heavy (non-hydrogen) atoms. The predicted octanol–water partition coefficient (Wildman–Crippen LogP) is 3.03. The number of carbonyl (C=O) groups is 1. The van der Waals surface area contributed by atoms with Crippen molar-refractivity contribution in [3.05, 3.63) is 65.0 Å². The van der Waals surface area contributed by atoms with Crippen molar-refractivity contribution in [2.24, 2.45) is 0 Å². The lowest BCUT2D eigenvalue weighted by Gasteiger charge is -2.21. The number of Topliss-reactive ketones (excluding diaryl/α,β-unsaturated/α-hetero) is 1. The van der Waals surface area contributed by atoms with Gasteiger partial charge in [-0.1, -0.05) is 23.8 Å². The van der Waals surface area contributed by atoms with Gasteiger partial charge < -0.3 is 4.74 Å². The van der Waals surface area contributed by atoms with Crippen molar-refractivity contribution in [3.8, 4) is 0 Å². The van der Waals surface area contributed by atoms with Gasteiger partial charge in [0.05, 0.1) is 0 Å². The molecule has 0 amide bonds. The number of ether oxygens (including phenoxy) is 1. The summed E-state index contributed by atoms with van der Waals surface area (Å²) >= 11 is 0. The van der Waals surface area contributed by atoms with Gasteiger partial charge in [0.15, 0.2) is 11.4 Å². The Morgan fingerprint density at radius 1 is 1.25 bits per heavy atom. The SMILES string of the molecule is Cc1ccc2c(c1)CCC1(OC1c1ccncc1)C2=O. The Labute approximate surface area is 117 Å². The summed E-state index contributed by atoms with van der Waals surface area (Å²) in [6, 6.07) is 9.91. The number of benzene rings is 1. The van der Waals surface area contributed by atoms with Gasteiger partial charge in [-0.25, -0.2) is 0 Å². The highest BCUT2D eigenvalue weighted by atomic mass is 16.6. The highest BCUT2D eigenvalue weighted by Crippen LogP contribution is 2.56. The van der Waals surface area contributed by atoms with Crippen LogP contribution in [0.15, 0.2) is 42.7 Å². The number of ketones is 1. The highest BCUT2D eigenvalue weighted by molar-refractivity contribution is 6.07. The molecule has 100 valence electrons. The average Bonchev–Trinajstić information content (AvgIpc) is 3.20. The first kappa shape index (κ1) is 11.8. The van der Waals surface area contributed by atoms with Crippen LogP contribution in [0.25, 0.3) is 0 Å². The normalized spacial score (nSPS) is 27.4. The molecule has 1 aromatic heterocycles. The van der Waals surface area contributed by atoms with Gasteiger partial charge in [-0.2, -0.15) is 0 Å². The summed E-state index contributed by atoms with van der Waals surface area (Å²) in [5, 5.41) is 0. The van der Waals surface area contributed by atoms with E-state index in [2.05, 4.69) is 18.0 Å². The monoisotopic (exact) mass is 265 g/mol. The van der Waals surface area contributed by atoms with Gasteiger partial charge in [0.2, 0.25) is 0 Å². The number of hydrogen-bond acceptors (Lipinski definition) is 3. The number of nitrogens with zero attached hydrogens (tertiary/aromatic N) is 1. The van der Waals surface area contributed by atoms with Crippen LogP contribution in [0.1, 0.15) is 39.6 Å². The minimum atomic E-state index is -0.621. The Bertz CT molecular complexity index is 695. The van der Waals surface area contributed by atoms with Gasteiger partial charge in [0, 0.05) is 18.0 Å². The lowest BCUT2D eigenvalue weighted by atomic mass is 9.79. The molecule has 3 heteroatoms. The number of hydrogen-bond donors (Lipinski definition) is 0. The summed E-state index contributed by atoms with van der Waals surface area (Å²) in [4.78, 5) is 16.8. The average molecular weight is 265 g/mol. The van der Waals surface area contributed by atoms with Crippen LogP contribution in [-0.2, 0) is 11.2 Å². The summed E-state index contributed by atoms with van der Waals surface area (Å²) in [6.45, 7) is 2.06. The van der Waals surface area contributed by atoms with Crippen LogP contribution in [-0.4, -0.2) is 16.4 Å². The van der Waals surface area contributed by atoms with Gasteiger partial charge in [-0.3, -0.25) is 9.78 Å². The Kier molecular flexibility index (Phi) is 2.36. The molecule has 1 aromatic carbocycles. The molecule has 0 saturated carbocycles. The summed E-state index contributed by atoms with van der Waals surface area (Å²) in [5.41, 5.74) is 3.62. The van der Waals surface area contributed by atoms with E-state index in [1.54, 1.807) is 12.4 Å². The number of aryl methyl sites for hydroxylation is 2. The Morgan fingerprint density at radius 2 is 2.05 bits per heavy atom. The number of carbonyl (C=O) groups excluding carboxylic acids is 1. The topological polar surface area (TPSA) is 42.5 Å². The quantitative estimate of drug-likeness (QED) is 0.744. The zero-order valence-corrected chi connectivity index (χ0v) is 11.3. The molecule has 1 aliphatic carbocycles. The fraction of sp³-hybridized carbons (Fsp3) is 0.294. The molecule has 1 saturated heterocycles. The van der Waals surface area contributed by atoms with Crippen molar-refractivity contribution in [2.45, 2.75) is 31.5 Å². The van der Waals surface area contributed by atoms with Crippen LogP contribution in [0.5, 0.6) is 0 Å². The molecule has 2 atom stereocenters. The van der Waals surface area contributed by atoms with Crippen LogP contribution in [0.3, 0.4) is 0 Å². The van der Waals surface area contributed by atoms with Crippen LogP contribution >= 0.6 is 0 Å². The van der Waals surface area contributed by atoms with E-state index < -0.39 is 5.60 Å². The molecule has 0 bridgehead atoms. The molecule has 2 aliphatic rings. The third kappa shape index (κ3) is 1.56. The molecule has 2 aromatic rings. The molecule has 0 N–H and O–H groups in total. The first-order chi connectivity index (χ1) is 9.71. The number of rotatable bonds is 1. The molecular formula is C17H15NO2. The molecular weight excluding hydrogens is 250 g/mol. The highest BCUT2D eigenvalue weighted by Gasteiger charge is 2.63. The van der Waals surface area contributed by atoms with Crippen molar-refractivity contribution >= 4 is 5.78 Å². The van der Waals surface area contributed by atoms with E-state index in [-0.39, 0.29) is 11.9 Å². The van der Waals surface area contributed by atoms with Gasteiger partial charge in [0.25, 0.3) is 0 Å². The lowest BCUT2D eigenvalue weighted by molar-refractivity contribution is 0.0850. The summed E-state index contributed by atoms with van der Waals surface area (Å²) in [5.74, 6) is 0.139. The third-order valence-electron chi connectivity index (χ3n) is 4.36. The molecule has 0 radical (unpaired) electrons. The molecule has 1 fully saturated rings.